The molecule has 4 aromatic heterocycles. The second kappa shape index (κ2) is 12.1. The number of hydrogen-bond donors (Lipinski definition) is 2. The predicted octanol–water partition coefficient (Wildman–Crippen LogP) is 4.99. The minimum atomic E-state index is -1.20. The Morgan fingerprint density at radius 3 is 2.22 bits per heavy atom. The SMILES string of the molecule is COC(O)c1coc(-c2csc(-c3coc(-c4csc(C[C@H](NC(=O)OC(C)(C)C)C(=O)OC(C)(C)C)n4)n3)n2)n1. The van der Waals surface area contributed by atoms with Crippen molar-refractivity contribution in [3.63, 3.8) is 0 Å². The molecule has 0 aliphatic carbocycles. The van der Waals surface area contributed by atoms with Gasteiger partial charge in [-0.15, -0.1) is 22.7 Å². The van der Waals surface area contributed by atoms with E-state index in [1.165, 1.54) is 42.3 Å². The number of hydrogen-bond acceptors (Lipinski definition) is 14. The first-order chi connectivity index (χ1) is 19.2. The number of amides is 1. The van der Waals surface area contributed by atoms with Crippen LogP contribution in [0.4, 0.5) is 4.79 Å². The molecule has 0 bridgehead atoms. The first-order valence-corrected chi connectivity index (χ1v) is 14.2. The Balaban J connectivity index is 1.47. The quantitative estimate of drug-likeness (QED) is 0.194. The zero-order chi connectivity index (χ0) is 29.9. The third-order valence-electron chi connectivity index (χ3n) is 4.98. The molecule has 4 heterocycles. The maximum absolute atomic E-state index is 12.9. The molecule has 0 saturated heterocycles. The van der Waals surface area contributed by atoms with Crippen molar-refractivity contribution in [2.75, 3.05) is 7.11 Å². The molecule has 13 nitrogen and oxygen atoms in total. The molecule has 4 rings (SSSR count). The molecule has 0 aliphatic rings. The molecule has 1 unspecified atom stereocenters. The van der Waals surface area contributed by atoms with Crippen LogP contribution < -0.4 is 5.32 Å². The summed E-state index contributed by atoms with van der Waals surface area (Å²) in [5.41, 5.74) is 0.151. The van der Waals surface area contributed by atoms with Gasteiger partial charge in [0, 0.05) is 24.3 Å². The van der Waals surface area contributed by atoms with E-state index in [0.29, 0.717) is 27.1 Å². The van der Waals surface area contributed by atoms with Crippen molar-refractivity contribution >= 4 is 34.7 Å². The average molecular weight is 606 g/mol. The largest absolute Gasteiger partial charge is 0.458 e. The van der Waals surface area contributed by atoms with Gasteiger partial charge >= 0.3 is 12.1 Å². The van der Waals surface area contributed by atoms with Crippen LogP contribution in [0, 0.1) is 0 Å². The molecule has 0 radical (unpaired) electrons. The Bertz CT molecular complexity index is 1490. The van der Waals surface area contributed by atoms with Crippen molar-refractivity contribution in [3.8, 4) is 33.9 Å². The van der Waals surface area contributed by atoms with Gasteiger partial charge in [0.2, 0.25) is 18.1 Å². The van der Waals surface area contributed by atoms with Crippen molar-refractivity contribution in [3.05, 3.63) is 34.0 Å². The Hall–Kier alpha value is -3.66. The summed E-state index contributed by atoms with van der Waals surface area (Å²) >= 11 is 2.60. The van der Waals surface area contributed by atoms with Crippen molar-refractivity contribution in [2.45, 2.75) is 71.5 Å². The number of oxazole rings is 2. The van der Waals surface area contributed by atoms with Crippen LogP contribution in [0.1, 0.15) is 58.5 Å². The third-order valence-corrected chi connectivity index (χ3v) is 6.71. The number of carbonyl (C=O) groups is 2. The van der Waals surface area contributed by atoms with Crippen molar-refractivity contribution in [1.82, 2.24) is 25.3 Å². The molecule has 0 aromatic carbocycles. The second-order valence-electron chi connectivity index (χ2n) is 10.8. The summed E-state index contributed by atoms with van der Waals surface area (Å²) in [6.07, 6.45) is 0.908. The smallest absolute Gasteiger partial charge is 0.408 e. The summed E-state index contributed by atoms with van der Waals surface area (Å²) in [6.45, 7) is 10.4. The fourth-order valence-electron chi connectivity index (χ4n) is 3.31. The average Bonchev–Trinajstić information content (AvgIpc) is 3.66. The molecule has 0 aliphatic heterocycles. The van der Waals surface area contributed by atoms with Gasteiger partial charge < -0.3 is 33.5 Å². The molecule has 0 fully saturated rings. The van der Waals surface area contributed by atoms with E-state index in [9.17, 15) is 14.7 Å². The zero-order valence-corrected chi connectivity index (χ0v) is 25.2. The van der Waals surface area contributed by atoms with Gasteiger partial charge in [-0.3, -0.25) is 0 Å². The first kappa shape index (κ1) is 30.3. The van der Waals surface area contributed by atoms with Gasteiger partial charge in [0.15, 0.2) is 0 Å². The maximum Gasteiger partial charge on any atom is 0.408 e. The van der Waals surface area contributed by atoms with Crippen LogP contribution in [0.5, 0.6) is 0 Å². The van der Waals surface area contributed by atoms with E-state index in [-0.39, 0.29) is 23.9 Å². The summed E-state index contributed by atoms with van der Waals surface area (Å²) in [5.74, 6) is -0.117. The van der Waals surface area contributed by atoms with Gasteiger partial charge in [-0.05, 0) is 41.5 Å². The molecule has 15 heteroatoms. The van der Waals surface area contributed by atoms with Crippen molar-refractivity contribution in [1.29, 1.82) is 0 Å². The topological polar surface area (TPSA) is 172 Å². The highest BCUT2D eigenvalue weighted by Gasteiger charge is 2.30. The Labute approximate surface area is 243 Å². The third kappa shape index (κ3) is 8.19. The molecule has 2 atom stereocenters. The highest BCUT2D eigenvalue weighted by atomic mass is 32.1. The number of aromatic nitrogens is 4. The van der Waals surface area contributed by atoms with Crippen LogP contribution in [-0.2, 0) is 25.4 Å². The van der Waals surface area contributed by atoms with E-state index in [1.54, 1.807) is 52.3 Å². The van der Waals surface area contributed by atoms with Gasteiger partial charge in [-0.1, -0.05) is 0 Å². The lowest BCUT2D eigenvalue weighted by atomic mass is 10.1. The summed E-state index contributed by atoms with van der Waals surface area (Å²) in [5, 5.41) is 16.9. The van der Waals surface area contributed by atoms with Crippen LogP contribution in [-0.4, -0.2) is 61.5 Å². The van der Waals surface area contributed by atoms with E-state index < -0.39 is 35.6 Å². The number of esters is 1. The van der Waals surface area contributed by atoms with Crippen molar-refractivity contribution < 1.29 is 37.7 Å². The van der Waals surface area contributed by atoms with Gasteiger partial charge in [0.25, 0.3) is 0 Å². The number of aliphatic hydroxyl groups excluding tert-OH is 1. The maximum atomic E-state index is 12.9. The number of alkyl carbamates (subject to hydrolysis) is 1. The van der Waals surface area contributed by atoms with Gasteiger partial charge in [0.05, 0.1) is 5.01 Å². The molecule has 220 valence electrons. The lowest BCUT2D eigenvalue weighted by molar-refractivity contribution is -0.157. The van der Waals surface area contributed by atoms with Crippen LogP contribution in [0.25, 0.3) is 33.9 Å². The highest BCUT2D eigenvalue weighted by Crippen LogP contribution is 2.31. The monoisotopic (exact) mass is 605 g/mol. The highest BCUT2D eigenvalue weighted by molar-refractivity contribution is 7.13. The number of thiazole rings is 2. The number of methoxy groups -OCH3 is 1. The summed E-state index contributed by atoms with van der Waals surface area (Å²) in [6, 6.07) is -1.02. The fraction of sp³-hybridized carbons (Fsp3) is 0.462. The molecular formula is C26H31N5O8S2. The van der Waals surface area contributed by atoms with Crippen LogP contribution in [0.2, 0.25) is 0 Å². The number of rotatable bonds is 9. The standard InChI is InChI=1S/C26H31N5O8S2/c1-25(2,3)38-23(33)13(31-24(34)39-26(4,5)6)8-18-27-16(11-40-18)19-28-14(9-36-19)21-30-17(12-41-21)20-29-15(10-37-20)22(32)35-7/h9-13,22,32H,8H2,1-7H3,(H,31,34)/t13-,22?/m0/s1. The molecule has 1 amide bonds. The lowest BCUT2D eigenvalue weighted by Crippen LogP contribution is -2.47. The lowest BCUT2D eigenvalue weighted by Gasteiger charge is -2.25. The van der Waals surface area contributed by atoms with E-state index in [1.807, 2.05) is 0 Å². The molecule has 41 heavy (non-hydrogen) atoms. The first-order valence-electron chi connectivity index (χ1n) is 12.5. The van der Waals surface area contributed by atoms with E-state index in [0.717, 1.165) is 0 Å². The number of ether oxygens (including phenoxy) is 3. The zero-order valence-electron chi connectivity index (χ0n) is 23.6. The second-order valence-corrected chi connectivity index (χ2v) is 12.6. The van der Waals surface area contributed by atoms with Crippen molar-refractivity contribution in [2.24, 2.45) is 0 Å². The normalized spacial score (nSPS) is 13.6. The van der Waals surface area contributed by atoms with Crippen LogP contribution >= 0.6 is 22.7 Å². The Morgan fingerprint density at radius 1 is 0.902 bits per heavy atom. The Kier molecular flexibility index (Phi) is 8.91. The van der Waals surface area contributed by atoms with E-state index >= 15 is 0 Å². The minimum absolute atomic E-state index is 0.0815. The summed E-state index contributed by atoms with van der Waals surface area (Å²) < 4.78 is 26.7. The minimum Gasteiger partial charge on any atom is -0.458 e. The number of carbonyl (C=O) groups excluding carboxylic acids is 2. The van der Waals surface area contributed by atoms with Crippen LogP contribution in [0.15, 0.2) is 32.1 Å². The fourth-order valence-corrected chi connectivity index (χ4v) is 4.87. The number of nitrogens with one attached hydrogen (secondary N) is 1. The molecule has 2 N–H and O–H groups in total. The van der Waals surface area contributed by atoms with Gasteiger partial charge in [0.1, 0.15) is 57.6 Å². The summed E-state index contributed by atoms with van der Waals surface area (Å²) in [7, 11) is 1.35. The number of nitrogens with zero attached hydrogens (tertiary/aromatic N) is 4. The molecule has 4 aromatic rings. The van der Waals surface area contributed by atoms with Gasteiger partial charge in [-0.2, -0.15) is 0 Å². The van der Waals surface area contributed by atoms with E-state index in [4.69, 9.17) is 23.0 Å². The number of aliphatic hydroxyl groups is 1. The van der Waals surface area contributed by atoms with E-state index in [2.05, 4.69) is 25.3 Å². The van der Waals surface area contributed by atoms with Gasteiger partial charge in [-0.25, -0.2) is 29.5 Å². The molecule has 0 saturated carbocycles. The molecular weight excluding hydrogens is 574 g/mol. The predicted molar refractivity (Wildman–Crippen MR) is 149 cm³/mol. The summed E-state index contributed by atoms with van der Waals surface area (Å²) in [4.78, 5) is 43.0. The molecule has 0 spiro atoms. The van der Waals surface area contributed by atoms with Crippen LogP contribution in [0.3, 0.4) is 0 Å². The Morgan fingerprint density at radius 2 is 1.54 bits per heavy atom.